The molecule has 0 heterocycles. The number of nitrogens with one attached hydrogen (secondary N) is 1. The van der Waals surface area contributed by atoms with Crippen molar-refractivity contribution in [2.24, 2.45) is 0 Å². The summed E-state index contributed by atoms with van der Waals surface area (Å²) in [7, 11) is -3.46. The molecule has 21 heavy (non-hydrogen) atoms. The van der Waals surface area contributed by atoms with E-state index < -0.39 is 10.0 Å². The largest absolute Gasteiger partial charge is 0.240 e. The molecular formula is C16H18BrNO2S. The van der Waals surface area contributed by atoms with E-state index in [2.05, 4.69) is 20.7 Å². The first kappa shape index (κ1) is 16.2. The molecule has 5 heteroatoms. The van der Waals surface area contributed by atoms with Crippen LogP contribution in [0.15, 0.2) is 53.4 Å². The number of benzene rings is 2. The summed E-state index contributed by atoms with van der Waals surface area (Å²) in [6.45, 7) is 2.30. The van der Waals surface area contributed by atoms with Crippen LogP contribution in [0.2, 0.25) is 0 Å². The highest BCUT2D eigenvalue weighted by Gasteiger charge is 2.13. The van der Waals surface area contributed by atoms with Crippen LogP contribution in [0, 0.1) is 6.92 Å². The summed E-state index contributed by atoms with van der Waals surface area (Å²) < 4.78 is 27.1. The van der Waals surface area contributed by atoms with Crippen LogP contribution in [0.3, 0.4) is 0 Å². The zero-order valence-electron chi connectivity index (χ0n) is 11.8. The van der Waals surface area contributed by atoms with Crippen LogP contribution in [-0.2, 0) is 23.0 Å². The molecular weight excluding hydrogens is 350 g/mol. The molecule has 0 aliphatic heterocycles. The van der Waals surface area contributed by atoms with E-state index in [0.717, 1.165) is 28.4 Å². The van der Waals surface area contributed by atoms with Gasteiger partial charge >= 0.3 is 0 Å². The lowest BCUT2D eigenvalue weighted by atomic mass is 10.2. The Morgan fingerprint density at radius 1 is 0.952 bits per heavy atom. The Labute approximate surface area is 134 Å². The predicted molar refractivity (Wildman–Crippen MR) is 89.1 cm³/mol. The van der Waals surface area contributed by atoms with Gasteiger partial charge in [0, 0.05) is 11.9 Å². The van der Waals surface area contributed by atoms with Crippen LogP contribution in [0.1, 0.15) is 16.7 Å². The fourth-order valence-electron chi connectivity index (χ4n) is 1.91. The summed E-state index contributed by atoms with van der Waals surface area (Å²) in [6.07, 6.45) is 0.886. The Hall–Kier alpha value is -1.17. The first-order chi connectivity index (χ1) is 10.0. The van der Waals surface area contributed by atoms with Crippen molar-refractivity contribution in [1.29, 1.82) is 0 Å². The van der Waals surface area contributed by atoms with E-state index in [1.54, 1.807) is 12.1 Å². The van der Waals surface area contributed by atoms with Crippen LogP contribution < -0.4 is 4.72 Å². The minimum Gasteiger partial charge on any atom is -0.207 e. The normalized spacial score (nSPS) is 11.5. The number of rotatable bonds is 6. The van der Waals surface area contributed by atoms with Crippen molar-refractivity contribution in [3.63, 3.8) is 0 Å². The molecule has 0 amide bonds. The van der Waals surface area contributed by atoms with Gasteiger partial charge in [0.25, 0.3) is 0 Å². The third-order valence-electron chi connectivity index (χ3n) is 3.20. The van der Waals surface area contributed by atoms with Gasteiger partial charge in [0.05, 0.1) is 4.90 Å². The van der Waals surface area contributed by atoms with Gasteiger partial charge in [-0.15, -0.1) is 0 Å². The maximum Gasteiger partial charge on any atom is 0.240 e. The van der Waals surface area contributed by atoms with Crippen LogP contribution in [-0.4, -0.2) is 13.7 Å². The van der Waals surface area contributed by atoms with E-state index in [0.29, 0.717) is 11.4 Å². The third-order valence-corrected chi connectivity index (χ3v) is 5.02. The van der Waals surface area contributed by atoms with Crippen molar-refractivity contribution in [3.05, 3.63) is 65.2 Å². The molecule has 2 aromatic rings. The Bertz CT molecular complexity index is 679. The van der Waals surface area contributed by atoms with Crippen LogP contribution in [0.5, 0.6) is 0 Å². The molecule has 0 aliphatic rings. The Balaban J connectivity index is 2.05. The van der Waals surface area contributed by atoms with Crippen molar-refractivity contribution in [2.45, 2.75) is 24.8 Å². The topological polar surface area (TPSA) is 46.2 Å². The summed E-state index contributed by atoms with van der Waals surface area (Å²) >= 11 is 3.37. The number of halogens is 1. The monoisotopic (exact) mass is 367 g/mol. The standard InChI is InChI=1S/C16H18BrNO2S/c1-13-2-4-15(5-3-13)12-18-21(19,20)16-8-6-14(7-9-16)10-11-17/h2-9,18H,10-12H2,1H3. The summed E-state index contributed by atoms with van der Waals surface area (Å²) in [6, 6.07) is 14.8. The molecule has 0 aromatic heterocycles. The van der Waals surface area contributed by atoms with Gasteiger partial charge in [0.2, 0.25) is 10.0 Å². The van der Waals surface area contributed by atoms with E-state index in [4.69, 9.17) is 0 Å². The predicted octanol–water partition coefficient (Wildman–Crippen LogP) is 3.41. The van der Waals surface area contributed by atoms with E-state index in [1.165, 1.54) is 0 Å². The number of hydrogen-bond donors (Lipinski definition) is 1. The highest BCUT2D eigenvalue weighted by Crippen LogP contribution is 2.12. The van der Waals surface area contributed by atoms with Crippen molar-refractivity contribution < 1.29 is 8.42 Å². The number of alkyl halides is 1. The number of aryl methyl sites for hydroxylation is 2. The second kappa shape index (κ2) is 7.20. The van der Waals surface area contributed by atoms with Crippen LogP contribution >= 0.6 is 15.9 Å². The van der Waals surface area contributed by atoms with Crippen LogP contribution in [0.25, 0.3) is 0 Å². The van der Waals surface area contributed by atoms with Gasteiger partial charge in [-0.1, -0.05) is 57.9 Å². The number of hydrogen-bond acceptors (Lipinski definition) is 2. The molecule has 1 N–H and O–H groups in total. The van der Waals surface area contributed by atoms with E-state index >= 15 is 0 Å². The first-order valence-electron chi connectivity index (χ1n) is 6.71. The van der Waals surface area contributed by atoms with E-state index in [-0.39, 0.29) is 0 Å². The molecule has 0 saturated carbocycles. The van der Waals surface area contributed by atoms with E-state index in [1.807, 2.05) is 43.3 Å². The molecule has 0 atom stereocenters. The Kier molecular flexibility index (Phi) is 5.56. The minimum atomic E-state index is -3.46. The minimum absolute atomic E-state index is 0.297. The van der Waals surface area contributed by atoms with Crippen molar-refractivity contribution in [2.75, 3.05) is 5.33 Å². The smallest absolute Gasteiger partial charge is 0.207 e. The van der Waals surface area contributed by atoms with Crippen molar-refractivity contribution in [1.82, 2.24) is 4.72 Å². The van der Waals surface area contributed by atoms with Gasteiger partial charge in [-0.25, -0.2) is 13.1 Å². The van der Waals surface area contributed by atoms with Gasteiger partial charge in [0.15, 0.2) is 0 Å². The number of sulfonamides is 1. The summed E-state index contributed by atoms with van der Waals surface area (Å²) in [5, 5.41) is 0.866. The molecule has 0 spiro atoms. The lowest BCUT2D eigenvalue weighted by Gasteiger charge is -2.08. The average molecular weight is 368 g/mol. The molecule has 0 aliphatic carbocycles. The second-order valence-electron chi connectivity index (χ2n) is 4.89. The summed E-state index contributed by atoms with van der Waals surface area (Å²) in [4.78, 5) is 0.299. The Morgan fingerprint density at radius 2 is 1.52 bits per heavy atom. The maximum absolute atomic E-state index is 12.2. The highest BCUT2D eigenvalue weighted by molar-refractivity contribution is 9.09. The fourth-order valence-corrected chi connectivity index (χ4v) is 3.39. The molecule has 0 bridgehead atoms. The van der Waals surface area contributed by atoms with E-state index in [9.17, 15) is 8.42 Å². The van der Waals surface area contributed by atoms with Gasteiger partial charge in [-0.05, 0) is 36.6 Å². The average Bonchev–Trinajstić information content (AvgIpc) is 2.48. The van der Waals surface area contributed by atoms with Crippen molar-refractivity contribution in [3.8, 4) is 0 Å². The quantitative estimate of drug-likeness (QED) is 0.795. The molecule has 0 fully saturated rings. The fraction of sp³-hybridized carbons (Fsp3) is 0.250. The Morgan fingerprint density at radius 3 is 2.10 bits per heavy atom. The lowest BCUT2D eigenvalue weighted by molar-refractivity contribution is 0.581. The highest BCUT2D eigenvalue weighted by atomic mass is 79.9. The van der Waals surface area contributed by atoms with Gasteiger partial charge in [0.1, 0.15) is 0 Å². The third kappa shape index (κ3) is 4.66. The zero-order valence-corrected chi connectivity index (χ0v) is 14.2. The maximum atomic E-state index is 12.2. The molecule has 2 rings (SSSR count). The molecule has 0 saturated heterocycles. The zero-order chi connectivity index (χ0) is 15.3. The van der Waals surface area contributed by atoms with Gasteiger partial charge in [-0.2, -0.15) is 0 Å². The van der Waals surface area contributed by atoms with Crippen molar-refractivity contribution >= 4 is 26.0 Å². The lowest BCUT2D eigenvalue weighted by Crippen LogP contribution is -2.23. The summed E-state index contributed by atoms with van der Waals surface area (Å²) in [5.41, 5.74) is 3.22. The second-order valence-corrected chi connectivity index (χ2v) is 7.45. The summed E-state index contributed by atoms with van der Waals surface area (Å²) in [5.74, 6) is 0. The molecule has 3 nitrogen and oxygen atoms in total. The molecule has 0 radical (unpaired) electrons. The molecule has 2 aromatic carbocycles. The molecule has 0 unspecified atom stereocenters. The van der Waals surface area contributed by atoms with Gasteiger partial charge in [-0.3, -0.25) is 0 Å². The first-order valence-corrected chi connectivity index (χ1v) is 9.32. The SMILES string of the molecule is Cc1ccc(CNS(=O)(=O)c2ccc(CCBr)cc2)cc1. The van der Waals surface area contributed by atoms with Crippen LogP contribution in [0.4, 0.5) is 0 Å². The molecule has 112 valence electrons. The van der Waals surface area contributed by atoms with Gasteiger partial charge < -0.3 is 0 Å².